The van der Waals surface area contributed by atoms with Gasteiger partial charge < -0.3 is 14.1 Å². The maximum absolute atomic E-state index is 13.3. The SMILES string of the molecule is COc1ccc(N(C(=O)c2coc(-c3ccccc3)n2)C(C)C2CC2)cc1. The zero-order valence-corrected chi connectivity index (χ0v) is 15.5. The summed E-state index contributed by atoms with van der Waals surface area (Å²) in [6, 6.07) is 17.2. The summed E-state index contributed by atoms with van der Waals surface area (Å²) in [6.07, 6.45) is 3.74. The molecule has 2 aromatic carbocycles. The van der Waals surface area contributed by atoms with E-state index in [0.29, 0.717) is 17.5 Å². The Morgan fingerprint density at radius 2 is 1.85 bits per heavy atom. The van der Waals surface area contributed by atoms with E-state index in [0.717, 1.165) is 29.8 Å². The predicted molar refractivity (Wildman–Crippen MR) is 104 cm³/mol. The van der Waals surface area contributed by atoms with Crippen molar-refractivity contribution in [1.29, 1.82) is 0 Å². The Hall–Kier alpha value is -3.08. The Bertz CT molecular complexity index is 914. The lowest BCUT2D eigenvalue weighted by Crippen LogP contribution is -2.40. The van der Waals surface area contributed by atoms with Gasteiger partial charge in [-0.05, 0) is 62.1 Å². The van der Waals surface area contributed by atoms with Gasteiger partial charge in [-0.1, -0.05) is 18.2 Å². The molecule has 3 aromatic rings. The molecule has 1 amide bonds. The van der Waals surface area contributed by atoms with Crippen LogP contribution in [0.2, 0.25) is 0 Å². The molecule has 0 aliphatic heterocycles. The third-order valence-electron chi connectivity index (χ3n) is 5.02. The van der Waals surface area contributed by atoms with Crippen LogP contribution in [0.25, 0.3) is 11.5 Å². The fourth-order valence-electron chi connectivity index (χ4n) is 3.28. The van der Waals surface area contributed by atoms with Crippen molar-refractivity contribution in [2.45, 2.75) is 25.8 Å². The van der Waals surface area contributed by atoms with Crippen molar-refractivity contribution < 1.29 is 13.9 Å². The van der Waals surface area contributed by atoms with Gasteiger partial charge in [-0.2, -0.15) is 0 Å². The van der Waals surface area contributed by atoms with E-state index >= 15 is 0 Å². The summed E-state index contributed by atoms with van der Waals surface area (Å²) in [7, 11) is 1.63. The minimum atomic E-state index is -0.148. The zero-order chi connectivity index (χ0) is 18.8. The Morgan fingerprint density at radius 3 is 2.48 bits per heavy atom. The van der Waals surface area contributed by atoms with Crippen LogP contribution in [-0.4, -0.2) is 24.0 Å². The summed E-state index contributed by atoms with van der Waals surface area (Å²) in [5, 5.41) is 0. The number of ether oxygens (including phenoxy) is 1. The molecule has 1 aliphatic carbocycles. The van der Waals surface area contributed by atoms with Crippen LogP contribution >= 0.6 is 0 Å². The lowest BCUT2D eigenvalue weighted by atomic mass is 10.1. The Labute approximate surface area is 158 Å². The highest BCUT2D eigenvalue weighted by Crippen LogP contribution is 2.38. The van der Waals surface area contributed by atoms with E-state index in [1.165, 1.54) is 6.26 Å². The van der Waals surface area contributed by atoms with Crippen LogP contribution in [0.15, 0.2) is 65.3 Å². The zero-order valence-electron chi connectivity index (χ0n) is 15.5. The number of carbonyl (C=O) groups is 1. The maximum Gasteiger partial charge on any atom is 0.280 e. The van der Waals surface area contributed by atoms with E-state index in [1.807, 2.05) is 59.5 Å². The lowest BCUT2D eigenvalue weighted by Gasteiger charge is -2.29. The monoisotopic (exact) mass is 362 g/mol. The number of amides is 1. The van der Waals surface area contributed by atoms with Crippen LogP contribution in [0, 0.1) is 5.92 Å². The number of oxazole rings is 1. The quantitative estimate of drug-likeness (QED) is 0.632. The van der Waals surface area contributed by atoms with Gasteiger partial charge in [0.2, 0.25) is 5.89 Å². The molecule has 0 bridgehead atoms. The molecule has 1 heterocycles. The normalized spacial score (nSPS) is 14.6. The summed E-state index contributed by atoms with van der Waals surface area (Å²) in [6.45, 7) is 2.10. The lowest BCUT2D eigenvalue weighted by molar-refractivity contribution is 0.0971. The van der Waals surface area contributed by atoms with Gasteiger partial charge in [-0.15, -0.1) is 0 Å². The molecule has 1 fully saturated rings. The fourth-order valence-corrected chi connectivity index (χ4v) is 3.28. The second kappa shape index (κ2) is 7.27. The van der Waals surface area contributed by atoms with Crippen LogP contribution in [0.1, 0.15) is 30.3 Å². The molecule has 0 saturated heterocycles. The first-order chi connectivity index (χ1) is 13.2. The topological polar surface area (TPSA) is 55.6 Å². The summed E-state index contributed by atoms with van der Waals surface area (Å²) in [5.41, 5.74) is 2.00. The van der Waals surface area contributed by atoms with E-state index in [-0.39, 0.29) is 11.9 Å². The van der Waals surface area contributed by atoms with E-state index in [4.69, 9.17) is 9.15 Å². The van der Waals surface area contributed by atoms with Crippen molar-refractivity contribution in [1.82, 2.24) is 4.98 Å². The smallest absolute Gasteiger partial charge is 0.280 e. The minimum Gasteiger partial charge on any atom is -0.497 e. The Balaban J connectivity index is 1.65. The molecule has 1 aliphatic rings. The van der Waals surface area contributed by atoms with Crippen LogP contribution in [0.3, 0.4) is 0 Å². The molecular weight excluding hydrogens is 340 g/mol. The van der Waals surface area contributed by atoms with Crippen molar-refractivity contribution in [3.63, 3.8) is 0 Å². The van der Waals surface area contributed by atoms with Gasteiger partial charge >= 0.3 is 0 Å². The molecule has 1 unspecified atom stereocenters. The van der Waals surface area contributed by atoms with Crippen molar-refractivity contribution >= 4 is 11.6 Å². The summed E-state index contributed by atoms with van der Waals surface area (Å²) < 4.78 is 10.8. The highest BCUT2D eigenvalue weighted by molar-refractivity contribution is 6.05. The number of benzene rings is 2. The van der Waals surface area contributed by atoms with Crippen molar-refractivity contribution in [3.05, 3.63) is 66.6 Å². The molecule has 5 heteroatoms. The molecule has 0 N–H and O–H groups in total. The summed E-state index contributed by atoms with van der Waals surface area (Å²) in [4.78, 5) is 19.6. The van der Waals surface area contributed by atoms with Gasteiger partial charge in [0, 0.05) is 17.3 Å². The first kappa shape index (κ1) is 17.3. The number of methoxy groups -OCH3 is 1. The number of carbonyl (C=O) groups excluding carboxylic acids is 1. The van der Waals surface area contributed by atoms with Gasteiger partial charge in [0.1, 0.15) is 12.0 Å². The second-order valence-electron chi connectivity index (χ2n) is 6.86. The largest absolute Gasteiger partial charge is 0.497 e. The third-order valence-corrected chi connectivity index (χ3v) is 5.02. The number of hydrogen-bond donors (Lipinski definition) is 0. The first-order valence-electron chi connectivity index (χ1n) is 9.16. The molecule has 27 heavy (non-hydrogen) atoms. The molecule has 1 saturated carbocycles. The van der Waals surface area contributed by atoms with Gasteiger partial charge in [0.05, 0.1) is 7.11 Å². The molecule has 5 nitrogen and oxygen atoms in total. The minimum absolute atomic E-state index is 0.0998. The highest BCUT2D eigenvalue weighted by Gasteiger charge is 2.36. The van der Waals surface area contributed by atoms with Crippen molar-refractivity contribution in [2.24, 2.45) is 5.92 Å². The highest BCUT2D eigenvalue weighted by atomic mass is 16.5. The molecule has 0 spiro atoms. The molecule has 1 atom stereocenters. The van der Waals surface area contributed by atoms with Gasteiger partial charge in [0.15, 0.2) is 5.69 Å². The van der Waals surface area contributed by atoms with E-state index in [1.54, 1.807) is 7.11 Å². The van der Waals surface area contributed by atoms with Crippen LogP contribution in [0.4, 0.5) is 5.69 Å². The number of rotatable bonds is 6. The molecule has 0 radical (unpaired) electrons. The van der Waals surface area contributed by atoms with E-state index in [2.05, 4.69) is 11.9 Å². The Morgan fingerprint density at radius 1 is 1.15 bits per heavy atom. The van der Waals surface area contributed by atoms with Gasteiger partial charge in [0.25, 0.3) is 5.91 Å². The number of nitrogens with zero attached hydrogens (tertiary/aromatic N) is 2. The summed E-state index contributed by atoms with van der Waals surface area (Å²) >= 11 is 0. The van der Waals surface area contributed by atoms with Crippen LogP contribution < -0.4 is 9.64 Å². The predicted octanol–water partition coefficient (Wildman–Crippen LogP) is 4.80. The first-order valence-corrected chi connectivity index (χ1v) is 9.16. The van der Waals surface area contributed by atoms with Gasteiger partial charge in [-0.25, -0.2) is 4.98 Å². The second-order valence-corrected chi connectivity index (χ2v) is 6.86. The molecule has 1 aromatic heterocycles. The summed E-state index contributed by atoms with van der Waals surface area (Å²) in [5.74, 6) is 1.59. The van der Waals surface area contributed by atoms with Crippen LogP contribution in [-0.2, 0) is 0 Å². The van der Waals surface area contributed by atoms with Crippen molar-refractivity contribution in [3.8, 4) is 17.2 Å². The number of anilines is 1. The number of aromatic nitrogens is 1. The molecule has 138 valence electrons. The average Bonchev–Trinajstić information content (AvgIpc) is 3.45. The fraction of sp³-hybridized carbons (Fsp3) is 0.273. The van der Waals surface area contributed by atoms with Crippen molar-refractivity contribution in [2.75, 3.05) is 12.0 Å². The van der Waals surface area contributed by atoms with Crippen LogP contribution in [0.5, 0.6) is 5.75 Å². The standard InChI is InChI=1S/C22H22N2O3/c1-15(16-8-9-16)24(18-10-12-19(26-2)13-11-18)22(25)20-14-27-21(23-20)17-6-4-3-5-7-17/h3-7,10-16H,8-9H2,1-2H3. The van der Waals surface area contributed by atoms with E-state index in [9.17, 15) is 4.79 Å². The molecule has 4 rings (SSSR count). The molecular formula is C22H22N2O3. The third kappa shape index (κ3) is 3.58. The van der Waals surface area contributed by atoms with E-state index < -0.39 is 0 Å². The maximum atomic E-state index is 13.3. The number of hydrogen-bond acceptors (Lipinski definition) is 4. The average molecular weight is 362 g/mol. The Kier molecular flexibility index (Phi) is 4.67. The van der Waals surface area contributed by atoms with Gasteiger partial charge in [-0.3, -0.25) is 4.79 Å².